The zero-order valence-electron chi connectivity index (χ0n) is 10.2. The Balaban J connectivity index is 1.96. The Hall–Kier alpha value is -1.35. The number of nitrogens with zero attached hydrogens (tertiary/aromatic N) is 1. The van der Waals surface area contributed by atoms with Crippen molar-refractivity contribution in [3.05, 3.63) is 35.4 Å². The molecule has 0 amide bonds. The number of hydrogen-bond donors (Lipinski definition) is 1. The van der Waals surface area contributed by atoms with Gasteiger partial charge in [0.1, 0.15) is 0 Å². The molecule has 1 atom stereocenters. The number of carboxylic acid groups (broad SMARTS) is 1. The molecule has 1 saturated heterocycles. The van der Waals surface area contributed by atoms with E-state index >= 15 is 0 Å². The van der Waals surface area contributed by atoms with Crippen LogP contribution in [0.15, 0.2) is 24.3 Å². The van der Waals surface area contributed by atoms with Crippen molar-refractivity contribution in [3.63, 3.8) is 0 Å². The maximum absolute atomic E-state index is 10.7. The van der Waals surface area contributed by atoms with Gasteiger partial charge in [-0.1, -0.05) is 19.1 Å². The van der Waals surface area contributed by atoms with Gasteiger partial charge in [-0.15, -0.1) is 0 Å². The Bertz CT molecular complexity index is 386. The molecule has 1 N–H and O–H groups in total. The van der Waals surface area contributed by atoms with E-state index in [0.717, 1.165) is 25.6 Å². The molecule has 0 saturated carbocycles. The lowest BCUT2D eigenvalue weighted by Gasteiger charge is -2.30. The summed E-state index contributed by atoms with van der Waals surface area (Å²) in [6.07, 6.45) is 2.60. The summed E-state index contributed by atoms with van der Waals surface area (Å²) in [6, 6.07) is 7.21. The molecule has 0 radical (unpaired) electrons. The van der Waals surface area contributed by atoms with Crippen LogP contribution in [-0.4, -0.2) is 29.1 Å². The average molecular weight is 233 g/mol. The fourth-order valence-corrected chi connectivity index (χ4v) is 2.44. The molecule has 3 nitrogen and oxygen atoms in total. The molecule has 17 heavy (non-hydrogen) atoms. The van der Waals surface area contributed by atoms with Gasteiger partial charge >= 0.3 is 5.97 Å². The second-order valence-corrected chi connectivity index (χ2v) is 4.98. The molecule has 0 spiro atoms. The molecular weight excluding hydrogens is 214 g/mol. The standard InChI is InChI=1S/C14H19NO2/c1-11-3-2-8-15(9-11)10-12-4-6-13(7-5-12)14(16)17/h4-7,11H,2-3,8-10H2,1H3,(H,16,17)/t11-/m0/s1. The summed E-state index contributed by atoms with van der Waals surface area (Å²) in [5.74, 6) is -0.0785. The smallest absolute Gasteiger partial charge is 0.335 e. The van der Waals surface area contributed by atoms with Gasteiger partial charge in [-0.3, -0.25) is 4.90 Å². The summed E-state index contributed by atoms with van der Waals surface area (Å²) in [6.45, 7) is 5.54. The number of hydrogen-bond acceptors (Lipinski definition) is 2. The van der Waals surface area contributed by atoms with Crippen LogP contribution in [0.1, 0.15) is 35.7 Å². The SMILES string of the molecule is C[C@H]1CCCN(Cc2ccc(C(=O)O)cc2)C1. The highest BCUT2D eigenvalue weighted by molar-refractivity contribution is 5.87. The van der Waals surface area contributed by atoms with Crippen LogP contribution >= 0.6 is 0 Å². The van der Waals surface area contributed by atoms with Crippen LogP contribution in [0.4, 0.5) is 0 Å². The fraction of sp³-hybridized carbons (Fsp3) is 0.500. The van der Waals surface area contributed by atoms with Crippen LogP contribution in [0.5, 0.6) is 0 Å². The Morgan fingerprint density at radius 3 is 2.71 bits per heavy atom. The van der Waals surface area contributed by atoms with Crippen molar-refractivity contribution < 1.29 is 9.90 Å². The summed E-state index contributed by atoms with van der Waals surface area (Å²) in [5.41, 5.74) is 1.56. The Labute approximate surface area is 102 Å². The fourth-order valence-electron chi connectivity index (χ4n) is 2.44. The largest absolute Gasteiger partial charge is 0.478 e. The molecule has 92 valence electrons. The molecule has 3 heteroatoms. The Morgan fingerprint density at radius 2 is 2.12 bits per heavy atom. The third kappa shape index (κ3) is 3.30. The van der Waals surface area contributed by atoms with E-state index in [4.69, 9.17) is 5.11 Å². The van der Waals surface area contributed by atoms with E-state index in [1.54, 1.807) is 12.1 Å². The third-order valence-corrected chi connectivity index (χ3v) is 3.35. The second-order valence-electron chi connectivity index (χ2n) is 4.98. The summed E-state index contributed by atoms with van der Waals surface area (Å²) < 4.78 is 0. The quantitative estimate of drug-likeness (QED) is 0.872. The first kappa shape index (κ1) is 12.1. The van der Waals surface area contributed by atoms with Gasteiger partial charge in [-0.05, 0) is 43.0 Å². The van der Waals surface area contributed by atoms with Gasteiger partial charge < -0.3 is 5.11 Å². The van der Waals surface area contributed by atoms with Gasteiger partial charge in [0.05, 0.1) is 5.56 Å². The number of aromatic carboxylic acids is 1. The van der Waals surface area contributed by atoms with Gasteiger partial charge in [0.2, 0.25) is 0 Å². The first-order valence-corrected chi connectivity index (χ1v) is 6.20. The molecular formula is C14H19NO2. The zero-order valence-corrected chi connectivity index (χ0v) is 10.2. The van der Waals surface area contributed by atoms with E-state index < -0.39 is 5.97 Å². The van der Waals surface area contributed by atoms with Crippen LogP contribution in [0.2, 0.25) is 0 Å². The second kappa shape index (κ2) is 5.32. The molecule has 1 aromatic rings. The van der Waals surface area contributed by atoms with Crippen molar-refractivity contribution in [1.29, 1.82) is 0 Å². The summed E-state index contributed by atoms with van der Waals surface area (Å²) in [4.78, 5) is 13.2. The number of rotatable bonds is 3. The lowest BCUT2D eigenvalue weighted by Crippen LogP contribution is -2.33. The topological polar surface area (TPSA) is 40.5 Å². The van der Waals surface area contributed by atoms with Crippen molar-refractivity contribution in [2.75, 3.05) is 13.1 Å². The molecule has 2 rings (SSSR count). The predicted molar refractivity (Wildman–Crippen MR) is 67.1 cm³/mol. The Kier molecular flexibility index (Phi) is 3.79. The van der Waals surface area contributed by atoms with Gasteiger partial charge in [0.25, 0.3) is 0 Å². The number of likely N-dealkylation sites (tertiary alicyclic amines) is 1. The van der Waals surface area contributed by atoms with Gasteiger partial charge in [-0.2, -0.15) is 0 Å². The van der Waals surface area contributed by atoms with E-state index in [2.05, 4.69) is 11.8 Å². The molecule has 0 unspecified atom stereocenters. The molecule has 0 aliphatic carbocycles. The number of piperidine rings is 1. The van der Waals surface area contributed by atoms with Crippen molar-refractivity contribution in [3.8, 4) is 0 Å². The molecule has 1 aromatic carbocycles. The maximum Gasteiger partial charge on any atom is 0.335 e. The van der Waals surface area contributed by atoms with Crippen LogP contribution in [0.25, 0.3) is 0 Å². The van der Waals surface area contributed by atoms with Gasteiger partial charge in [0, 0.05) is 13.1 Å². The minimum atomic E-state index is -0.858. The normalized spacial score (nSPS) is 21.4. The van der Waals surface area contributed by atoms with Crippen molar-refractivity contribution >= 4 is 5.97 Å². The molecule has 1 aliphatic rings. The number of carboxylic acids is 1. The lowest BCUT2D eigenvalue weighted by atomic mass is 9.99. The first-order chi connectivity index (χ1) is 8.15. The highest BCUT2D eigenvalue weighted by Gasteiger charge is 2.16. The molecule has 1 aliphatic heterocycles. The average Bonchev–Trinajstić information content (AvgIpc) is 2.29. The maximum atomic E-state index is 10.7. The third-order valence-electron chi connectivity index (χ3n) is 3.35. The van der Waals surface area contributed by atoms with E-state index in [0.29, 0.717) is 5.56 Å². The van der Waals surface area contributed by atoms with E-state index in [1.165, 1.54) is 18.4 Å². The van der Waals surface area contributed by atoms with E-state index in [9.17, 15) is 4.79 Å². The van der Waals surface area contributed by atoms with Crippen molar-refractivity contribution in [1.82, 2.24) is 4.90 Å². The molecule has 1 heterocycles. The van der Waals surface area contributed by atoms with Crippen LogP contribution in [0.3, 0.4) is 0 Å². The van der Waals surface area contributed by atoms with E-state index in [1.807, 2.05) is 12.1 Å². The minimum absolute atomic E-state index is 0.362. The van der Waals surface area contributed by atoms with Crippen LogP contribution in [-0.2, 0) is 6.54 Å². The Morgan fingerprint density at radius 1 is 1.41 bits per heavy atom. The molecule has 1 fully saturated rings. The van der Waals surface area contributed by atoms with Gasteiger partial charge in [-0.25, -0.2) is 4.79 Å². The first-order valence-electron chi connectivity index (χ1n) is 6.20. The summed E-state index contributed by atoms with van der Waals surface area (Å²) >= 11 is 0. The minimum Gasteiger partial charge on any atom is -0.478 e. The monoisotopic (exact) mass is 233 g/mol. The van der Waals surface area contributed by atoms with E-state index in [-0.39, 0.29) is 0 Å². The summed E-state index contributed by atoms with van der Waals surface area (Å²) in [5, 5.41) is 8.82. The van der Waals surface area contributed by atoms with Crippen LogP contribution in [0, 0.1) is 5.92 Å². The van der Waals surface area contributed by atoms with Crippen molar-refractivity contribution in [2.24, 2.45) is 5.92 Å². The van der Waals surface area contributed by atoms with Gasteiger partial charge in [0.15, 0.2) is 0 Å². The highest BCUT2D eigenvalue weighted by atomic mass is 16.4. The molecule has 0 aromatic heterocycles. The van der Waals surface area contributed by atoms with Crippen molar-refractivity contribution in [2.45, 2.75) is 26.3 Å². The number of benzene rings is 1. The lowest BCUT2D eigenvalue weighted by molar-refractivity contribution is 0.0697. The summed E-state index contributed by atoms with van der Waals surface area (Å²) in [7, 11) is 0. The highest BCUT2D eigenvalue weighted by Crippen LogP contribution is 2.18. The predicted octanol–water partition coefficient (Wildman–Crippen LogP) is 2.62. The zero-order chi connectivity index (χ0) is 12.3. The molecule has 0 bridgehead atoms. The number of carbonyl (C=O) groups is 1. The van der Waals surface area contributed by atoms with Crippen LogP contribution < -0.4 is 0 Å².